The van der Waals surface area contributed by atoms with Crippen LogP contribution in [0, 0.1) is 0 Å². The second kappa shape index (κ2) is 4.32. The lowest BCUT2D eigenvalue weighted by Gasteiger charge is -2.20. The number of halogens is 5. The molecular weight excluding hydrogens is 272 g/mol. The van der Waals surface area contributed by atoms with Crippen molar-refractivity contribution in [3.05, 3.63) is 0 Å². The fourth-order valence-corrected chi connectivity index (χ4v) is 0.919. The van der Waals surface area contributed by atoms with Gasteiger partial charge in [-0.1, -0.05) is 0 Å². The maximum absolute atomic E-state index is 12.6. The number of epoxide rings is 1. The third kappa shape index (κ3) is 3.70. The summed E-state index contributed by atoms with van der Waals surface area (Å²) in [7, 11) is 0. The summed E-state index contributed by atoms with van der Waals surface area (Å²) in [6, 6.07) is 0. The number of ether oxygens (including phenoxy) is 2. The van der Waals surface area contributed by atoms with Crippen molar-refractivity contribution in [3.63, 3.8) is 0 Å². The van der Waals surface area contributed by atoms with Crippen LogP contribution in [0.2, 0.25) is 0 Å². The van der Waals surface area contributed by atoms with Crippen LogP contribution in [0.4, 0.5) is 17.6 Å². The molecule has 0 aliphatic carbocycles. The van der Waals surface area contributed by atoms with Crippen LogP contribution < -0.4 is 0 Å². The highest BCUT2D eigenvalue weighted by atomic mass is 79.9. The molecule has 2 nitrogen and oxygen atoms in total. The molecule has 1 aliphatic heterocycles. The highest BCUT2D eigenvalue weighted by molar-refractivity contribution is 9.10. The summed E-state index contributed by atoms with van der Waals surface area (Å²) >= 11 is 1.63. The van der Waals surface area contributed by atoms with E-state index in [9.17, 15) is 17.6 Å². The predicted octanol–water partition coefficient (Wildman–Crippen LogP) is 2.41. The molecule has 0 radical (unpaired) electrons. The van der Waals surface area contributed by atoms with Crippen LogP contribution in [-0.2, 0) is 9.47 Å². The zero-order valence-electron chi connectivity index (χ0n) is 7.11. The van der Waals surface area contributed by atoms with Gasteiger partial charge in [0.05, 0.1) is 19.8 Å². The van der Waals surface area contributed by atoms with Gasteiger partial charge in [-0.05, 0) is 15.9 Å². The van der Waals surface area contributed by atoms with Crippen LogP contribution in [0.3, 0.4) is 0 Å². The van der Waals surface area contributed by atoms with Crippen molar-refractivity contribution in [3.8, 4) is 0 Å². The first kappa shape index (κ1) is 12.2. The molecule has 1 rings (SSSR count). The molecule has 0 aromatic heterocycles. The Bertz CT molecular complexity index is 191. The van der Waals surface area contributed by atoms with Gasteiger partial charge in [-0.3, -0.25) is 0 Å². The van der Waals surface area contributed by atoms with Gasteiger partial charge >= 0.3 is 10.8 Å². The Morgan fingerprint density at radius 3 is 2.36 bits per heavy atom. The van der Waals surface area contributed by atoms with Crippen molar-refractivity contribution in [2.24, 2.45) is 0 Å². The molecule has 1 atom stereocenters. The largest absolute Gasteiger partial charge is 0.378 e. The molecule has 1 heterocycles. The Morgan fingerprint density at radius 1 is 1.36 bits per heavy atom. The quantitative estimate of drug-likeness (QED) is 0.323. The maximum atomic E-state index is 12.6. The molecule has 0 aromatic rings. The average Bonchev–Trinajstić information content (AvgIpc) is 2.79. The lowest BCUT2D eigenvalue weighted by atomic mass is 10.2. The van der Waals surface area contributed by atoms with Crippen molar-refractivity contribution < 1.29 is 27.0 Å². The van der Waals surface area contributed by atoms with Crippen LogP contribution in [0.25, 0.3) is 0 Å². The number of hydrogen-bond donors (Lipinski definition) is 0. The minimum absolute atomic E-state index is 0.0481. The summed E-state index contributed by atoms with van der Waals surface area (Å²) < 4.78 is 59.0. The molecule has 1 fully saturated rings. The molecule has 0 unspecified atom stereocenters. The Morgan fingerprint density at radius 2 is 1.93 bits per heavy atom. The van der Waals surface area contributed by atoms with Gasteiger partial charge in [0, 0.05) is 6.42 Å². The van der Waals surface area contributed by atoms with Crippen molar-refractivity contribution in [2.75, 3.05) is 19.8 Å². The third-order valence-electron chi connectivity index (χ3n) is 1.68. The summed E-state index contributed by atoms with van der Waals surface area (Å²) in [6.45, 7) is 0.322. The topological polar surface area (TPSA) is 21.8 Å². The third-order valence-corrected chi connectivity index (χ3v) is 2.26. The van der Waals surface area contributed by atoms with E-state index < -0.39 is 23.8 Å². The van der Waals surface area contributed by atoms with Gasteiger partial charge in [0.1, 0.15) is 6.10 Å². The fraction of sp³-hybridized carbons (Fsp3) is 1.00. The molecule has 84 valence electrons. The Hall–Kier alpha value is 0.120. The first-order chi connectivity index (χ1) is 6.33. The highest BCUT2D eigenvalue weighted by Gasteiger charge is 2.53. The molecule has 0 aromatic carbocycles. The minimum atomic E-state index is -4.18. The molecule has 0 spiro atoms. The summed E-state index contributed by atoms with van der Waals surface area (Å²) in [5.41, 5.74) is 0. The van der Waals surface area contributed by atoms with Crippen molar-refractivity contribution in [2.45, 2.75) is 23.3 Å². The second-order valence-corrected chi connectivity index (χ2v) is 3.98. The van der Waals surface area contributed by atoms with Crippen LogP contribution in [-0.4, -0.2) is 36.7 Å². The number of alkyl halides is 5. The monoisotopic (exact) mass is 280 g/mol. The first-order valence-corrected chi connectivity index (χ1v) is 4.76. The molecule has 1 aliphatic rings. The van der Waals surface area contributed by atoms with Gasteiger partial charge in [-0.15, -0.1) is 0 Å². The summed E-state index contributed by atoms with van der Waals surface area (Å²) in [6.07, 6.45) is -1.06. The van der Waals surface area contributed by atoms with Gasteiger partial charge in [0.15, 0.2) is 0 Å². The number of rotatable bonds is 6. The number of hydrogen-bond acceptors (Lipinski definition) is 2. The Balaban J connectivity index is 2.14. The van der Waals surface area contributed by atoms with E-state index in [0.29, 0.717) is 6.61 Å². The Kier molecular flexibility index (Phi) is 3.76. The molecule has 0 bridgehead atoms. The van der Waals surface area contributed by atoms with Crippen LogP contribution in [0.15, 0.2) is 0 Å². The summed E-state index contributed by atoms with van der Waals surface area (Å²) in [4.78, 5) is -4.18. The molecular formula is C7H9BrF4O2. The fourth-order valence-electron chi connectivity index (χ4n) is 0.721. The zero-order chi connectivity index (χ0) is 10.8. The lowest BCUT2D eigenvalue weighted by Crippen LogP contribution is -2.36. The maximum Gasteiger partial charge on any atom is 0.363 e. The summed E-state index contributed by atoms with van der Waals surface area (Å²) in [5, 5.41) is 0. The first-order valence-electron chi connectivity index (χ1n) is 3.97. The Labute approximate surface area is 86.7 Å². The smallest absolute Gasteiger partial charge is 0.363 e. The van der Waals surface area contributed by atoms with E-state index in [1.807, 2.05) is 0 Å². The van der Waals surface area contributed by atoms with Crippen LogP contribution in [0.1, 0.15) is 6.42 Å². The van der Waals surface area contributed by atoms with E-state index in [1.54, 1.807) is 15.9 Å². The van der Waals surface area contributed by atoms with E-state index in [2.05, 4.69) is 0 Å². The predicted molar refractivity (Wildman–Crippen MR) is 44.0 cm³/mol. The molecule has 1 saturated heterocycles. The normalized spacial score (nSPS) is 22.5. The van der Waals surface area contributed by atoms with E-state index in [4.69, 9.17) is 9.47 Å². The van der Waals surface area contributed by atoms with Crippen molar-refractivity contribution in [1.82, 2.24) is 0 Å². The molecule has 7 heteroatoms. The lowest BCUT2D eigenvalue weighted by molar-refractivity contribution is -0.158. The van der Waals surface area contributed by atoms with Crippen molar-refractivity contribution in [1.29, 1.82) is 0 Å². The zero-order valence-corrected chi connectivity index (χ0v) is 8.70. The van der Waals surface area contributed by atoms with Gasteiger partial charge in [0.2, 0.25) is 0 Å². The van der Waals surface area contributed by atoms with E-state index in [1.165, 1.54) is 0 Å². The van der Waals surface area contributed by atoms with Crippen molar-refractivity contribution >= 4 is 15.9 Å². The van der Waals surface area contributed by atoms with E-state index in [0.717, 1.165) is 0 Å². The molecule has 14 heavy (non-hydrogen) atoms. The van der Waals surface area contributed by atoms with Crippen LogP contribution in [0.5, 0.6) is 0 Å². The van der Waals surface area contributed by atoms with E-state index >= 15 is 0 Å². The highest BCUT2D eigenvalue weighted by Crippen LogP contribution is 2.41. The standard InChI is InChI=1S/C7H9BrF4O2/c8-7(11,12)6(9,10)1-2-13-3-5-4-14-5/h5H,1-4H2/t5-/m1/s1. The molecule has 0 saturated carbocycles. The van der Waals surface area contributed by atoms with Crippen LogP contribution >= 0.6 is 15.9 Å². The average molecular weight is 281 g/mol. The van der Waals surface area contributed by atoms with Gasteiger partial charge in [0.25, 0.3) is 0 Å². The minimum Gasteiger partial charge on any atom is -0.378 e. The SMILES string of the molecule is FC(F)(Br)C(F)(F)CCOC[C@@H]1CO1. The second-order valence-electron chi connectivity index (χ2n) is 2.98. The molecule has 0 N–H and O–H groups in total. The molecule has 0 amide bonds. The summed E-state index contributed by atoms with van der Waals surface area (Å²) in [5.74, 6) is -4.09. The van der Waals surface area contributed by atoms with Gasteiger partial charge in [-0.2, -0.15) is 17.6 Å². The van der Waals surface area contributed by atoms with Gasteiger partial charge < -0.3 is 9.47 Å². The van der Waals surface area contributed by atoms with E-state index in [-0.39, 0.29) is 12.7 Å². The van der Waals surface area contributed by atoms with Gasteiger partial charge in [-0.25, -0.2) is 0 Å².